The van der Waals surface area contributed by atoms with Gasteiger partial charge >= 0.3 is 16.5 Å². The van der Waals surface area contributed by atoms with E-state index >= 15 is 0 Å². The minimum Gasteiger partial charge on any atom is -0.861 e. The van der Waals surface area contributed by atoms with Crippen LogP contribution in [0.2, 0.25) is 5.02 Å². The molecule has 4 rings (SSSR count). The second kappa shape index (κ2) is 13.3. The minimum absolute atomic E-state index is 0. The number of hydrogen-bond donors (Lipinski definition) is 0. The molecule has 1 heterocycles. The van der Waals surface area contributed by atoms with E-state index in [1.807, 2.05) is 60.7 Å². The van der Waals surface area contributed by atoms with Gasteiger partial charge in [0.1, 0.15) is 0 Å². The molecule has 3 aromatic carbocycles. The molecular weight excluding hydrogens is 532 g/mol. The molecule has 192 valence electrons. The zero-order chi connectivity index (χ0) is 25.5. The quantitative estimate of drug-likeness (QED) is 0.182. The summed E-state index contributed by atoms with van der Waals surface area (Å²) in [6, 6.07) is 23.6. The van der Waals surface area contributed by atoms with Crippen LogP contribution in [0.3, 0.4) is 0 Å². The van der Waals surface area contributed by atoms with E-state index in [0.29, 0.717) is 40.5 Å². The van der Waals surface area contributed by atoms with Crippen molar-refractivity contribution in [1.29, 1.82) is 0 Å². The van der Waals surface area contributed by atoms with Crippen molar-refractivity contribution in [2.24, 2.45) is 9.98 Å². The van der Waals surface area contributed by atoms with Crippen LogP contribution in [0.1, 0.15) is 36.5 Å². The van der Waals surface area contributed by atoms with E-state index in [1.165, 1.54) is 6.08 Å². The third-order valence-electron chi connectivity index (χ3n) is 6.13. The first-order valence-corrected chi connectivity index (χ1v) is 12.2. The number of rotatable bonds is 8. The summed E-state index contributed by atoms with van der Waals surface area (Å²) >= 11 is 6.35. The van der Waals surface area contributed by atoms with Gasteiger partial charge in [0.05, 0.1) is 23.1 Å². The summed E-state index contributed by atoms with van der Waals surface area (Å²) in [5.41, 5.74) is 2.88. The standard InChI is InChI=1S/C29H28ClN3O3.Ni/c1-2-24(29(35)36)31-27(20-11-4-3-5-12-20)22-14-7-9-16-25(22)32-28(34)26-17-10-18-33(26)19-21-13-6-8-15-23(21)30;/h2-9,11-16,26H,10,17-19H2,1H3,(H,32,34)(H,35,36);/q;+2/p-2/b24-2+,31-27?;/t26-;/m0./s1. The van der Waals surface area contributed by atoms with Gasteiger partial charge < -0.3 is 15.0 Å². The van der Waals surface area contributed by atoms with Gasteiger partial charge in [0, 0.05) is 28.7 Å². The Morgan fingerprint density at radius 3 is 2.41 bits per heavy atom. The van der Waals surface area contributed by atoms with Crippen molar-refractivity contribution in [2.75, 3.05) is 6.54 Å². The van der Waals surface area contributed by atoms with Gasteiger partial charge in [-0.1, -0.05) is 84.4 Å². The number of benzene rings is 3. The van der Waals surface area contributed by atoms with E-state index in [1.54, 1.807) is 25.1 Å². The Balaban J connectivity index is 0.00000380. The van der Waals surface area contributed by atoms with E-state index in [9.17, 15) is 15.0 Å². The molecule has 0 aliphatic carbocycles. The summed E-state index contributed by atoms with van der Waals surface area (Å²) in [6.07, 6.45) is 2.99. The molecule has 0 spiro atoms. The van der Waals surface area contributed by atoms with Crippen LogP contribution in [-0.2, 0) is 27.8 Å². The Hall–Kier alpha value is -3.25. The Labute approximate surface area is 232 Å². The summed E-state index contributed by atoms with van der Waals surface area (Å²) in [7, 11) is 0. The van der Waals surface area contributed by atoms with Gasteiger partial charge in [-0.15, -0.1) is 0 Å². The zero-order valence-electron chi connectivity index (χ0n) is 20.2. The molecule has 0 aromatic heterocycles. The van der Waals surface area contributed by atoms with Gasteiger partial charge in [0.2, 0.25) is 0 Å². The topological polar surface area (TPSA) is 91.2 Å². The van der Waals surface area contributed by atoms with Crippen molar-refractivity contribution in [2.45, 2.75) is 32.4 Å². The van der Waals surface area contributed by atoms with Gasteiger partial charge in [-0.3, -0.25) is 9.89 Å². The molecular formula is C29H26ClN3NiO3. The molecule has 1 atom stereocenters. The number of nitrogens with zero attached hydrogens (tertiary/aromatic N) is 3. The van der Waals surface area contributed by atoms with Crippen LogP contribution in [0.15, 0.2) is 101 Å². The summed E-state index contributed by atoms with van der Waals surface area (Å²) in [6.45, 7) is 2.94. The molecule has 8 heteroatoms. The second-order valence-corrected chi connectivity index (χ2v) is 8.88. The largest absolute Gasteiger partial charge is 2.00 e. The molecule has 0 unspecified atom stereocenters. The van der Waals surface area contributed by atoms with E-state index in [2.05, 4.69) is 14.9 Å². The fourth-order valence-corrected chi connectivity index (χ4v) is 4.53. The maximum atomic E-state index is 13.4. The van der Waals surface area contributed by atoms with E-state index in [4.69, 9.17) is 11.6 Å². The summed E-state index contributed by atoms with van der Waals surface area (Å²) < 4.78 is 0. The molecule has 0 amide bonds. The average Bonchev–Trinajstić information content (AvgIpc) is 3.35. The maximum absolute atomic E-state index is 13.4. The molecule has 0 saturated carbocycles. The molecule has 1 fully saturated rings. The van der Waals surface area contributed by atoms with Crippen LogP contribution in [-0.4, -0.2) is 35.1 Å². The third-order valence-corrected chi connectivity index (χ3v) is 6.50. The number of carbonyl (C=O) groups excluding carboxylic acids is 1. The smallest absolute Gasteiger partial charge is 0.861 e. The van der Waals surface area contributed by atoms with Crippen LogP contribution in [0.5, 0.6) is 0 Å². The molecule has 3 aromatic rings. The Morgan fingerprint density at radius 1 is 1.03 bits per heavy atom. The molecule has 37 heavy (non-hydrogen) atoms. The Bertz CT molecular complexity index is 1320. The van der Waals surface area contributed by atoms with Crippen LogP contribution >= 0.6 is 11.6 Å². The number of aliphatic carboxylic acids is 1. The van der Waals surface area contributed by atoms with Gasteiger partial charge in [0.25, 0.3) is 0 Å². The third kappa shape index (κ3) is 6.95. The van der Waals surface area contributed by atoms with Crippen LogP contribution in [0.4, 0.5) is 5.69 Å². The van der Waals surface area contributed by atoms with Crippen molar-refractivity contribution in [1.82, 2.24) is 4.90 Å². The molecule has 0 bridgehead atoms. The van der Waals surface area contributed by atoms with Crippen molar-refractivity contribution in [3.63, 3.8) is 0 Å². The van der Waals surface area contributed by atoms with Gasteiger partial charge in [-0.25, -0.2) is 4.99 Å². The van der Waals surface area contributed by atoms with Gasteiger partial charge in [-0.2, -0.15) is 0 Å². The van der Waals surface area contributed by atoms with Gasteiger partial charge in [-0.05, 0) is 49.9 Å². The molecule has 1 aliphatic heterocycles. The summed E-state index contributed by atoms with van der Waals surface area (Å²) in [5.74, 6) is -1.62. The van der Waals surface area contributed by atoms with E-state index in [0.717, 1.165) is 18.5 Å². The molecule has 1 aliphatic rings. The second-order valence-electron chi connectivity index (χ2n) is 8.47. The number of para-hydroxylation sites is 1. The molecule has 0 N–H and O–H groups in total. The number of hydrogen-bond acceptors (Lipinski definition) is 6. The first-order chi connectivity index (χ1) is 17.5. The number of carbonyl (C=O) groups is 1. The maximum Gasteiger partial charge on any atom is 2.00 e. The molecule has 0 radical (unpaired) electrons. The minimum atomic E-state index is -1.38. The number of halogens is 1. The van der Waals surface area contributed by atoms with Crippen LogP contribution in [0.25, 0.3) is 0 Å². The average molecular weight is 559 g/mol. The number of aliphatic imine (C=N–C) groups is 2. The van der Waals surface area contributed by atoms with E-state index in [-0.39, 0.29) is 34.1 Å². The first kappa shape index (κ1) is 28.3. The Morgan fingerprint density at radius 2 is 1.70 bits per heavy atom. The summed E-state index contributed by atoms with van der Waals surface area (Å²) in [4.78, 5) is 22.6. The van der Waals surface area contributed by atoms with Crippen molar-refractivity contribution in [3.05, 3.63) is 112 Å². The monoisotopic (exact) mass is 557 g/mol. The molecule has 1 saturated heterocycles. The number of allylic oxidation sites excluding steroid dienone is 1. The SMILES string of the molecule is C/C=C(/N=C(c1ccccc1)c1ccccc1N=C([O-])[C@@H]1CCCN1Cc1ccccc1Cl)C(=O)[O-].[Ni+2]. The zero-order valence-corrected chi connectivity index (χ0v) is 22.0. The number of likely N-dealkylation sites (tertiary alicyclic amines) is 1. The van der Waals surface area contributed by atoms with Gasteiger partial charge in [0.15, 0.2) is 0 Å². The number of carboxylic acids is 1. The fraction of sp³-hybridized carbons (Fsp3) is 0.207. The van der Waals surface area contributed by atoms with Crippen molar-refractivity contribution >= 4 is 34.9 Å². The predicted octanol–water partition coefficient (Wildman–Crippen LogP) is 3.88. The fourth-order valence-electron chi connectivity index (χ4n) is 4.33. The summed E-state index contributed by atoms with van der Waals surface area (Å²) in [5, 5.41) is 25.7. The van der Waals surface area contributed by atoms with E-state index < -0.39 is 5.97 Å². The Kier molecular flexibility index (Phi) is 10.2. The number of carboxylic acid groups (broad SMARTS) is 1. The van der Waals surface area contributed by atoms with Crippen molar-refractivity contribution < 1.29 is 31.5 Å². The first-order valence-electron chi connectivity index (χ1n) is 11.8. The molecule has 6 nitrogen and oxygen atoms in total. The van der Waals surface area contributed by atoms with Crippen LogP contribution in [0, 0.1) is 0 Å². The normalized spacial score (nSPS) is 16.9. The van der Waals surface area contributed by atoms with Crippen LogP contribution < -0.4 is 10.2 Å². The van der Waals surface area contributed by atoms with Crippen molar-refractivity contribution in [3.8, 4) is 0 Å². The predicted molar refractivity (Wildman–Crippen MR) is 139 cm³/mol.